The Bertz CT molecular complexity index is 528. The van der Waals surface area contributed by atoms with Gasteiger partial charge in [-0.25, -0.2) is 4.39 Å². The third kappa shape index (κ3) is 3.57. The fraction of sp³-hybridized carbons (Fsp3) is 0.500. The molecule has 4 heteroatoms. The molecular weight excluding hydrogens is 255 g/mol. The summed E-state index contributed by atoms with van der Waals surface area (Å²) in [6.45, 7) is 2.16. The van der Waals surface area contributed by atoms with E-state index in [1.165, 1.54) is 12.1 Å². The maximum atomic E-state index is 13.1. The highest BCUT2D eigenvalue weighted by Crippen LogP contribution is 2.31. The molecule has 0 saturated heterocycles. The molecule has 1 aromatic carbocycles. The molecule has 0 aliphatic heterocycles. The maximum absolute atomic E-state index is 13.1. The molecule has 1 saturated carbocycles. The van der Waals surface area contributed by atoms with Gasteiger partial charge >= 0.3 is 0 Å². The smallest absolute Gasteiger partial charge is 0.225 e. The van der Waals surface area contributed by atoms with E-state index in [2.05, 4.69) is 18.3 Å². The van der Waals surface area contributed by atoms with E-state index in [4.69, 9.17) is 0 Å². The van der Waals surface area contributed by atoms with Crippen LogP contribution in [0, 0.1) is 23.1 Å². The van der Waals surface area contributed by atoms with Crippen LogP contribution in [0.4, 0.5) is 4.39 Å². The van der Waals surface area contributed by atoms with E-state index in [-0.39, 0.29) is 18.1 Å². The van der Waals surface area contributed by atoms with Crippen molar-refractivity contribution in [3.63, 3.8) is 0 Å². The first-order valence-electron chi connectivity index (χ1n) is 7.00. The number of amides is 1. The highest BCUT2D eigenvalue weighted by molar-refractivity contribution is 5.79. The Morgan fingerprint density at radius 2 is 2.20 bits per heavy atom. The van der Waals surface area contributed by atoms with Crippen LogP contribution in [0.25, 0.3) is 0 Å². The van der Waals surface area contributed by atoms with E-state index < -0.39 is 5.54 Å². The SMILES string of the molecule is CC1CCC(C#N)(NC(=O)Cc2cccc(F)c2)CC1. The van der Waals surface area contributed by atoms with Gasteiger partial charge in [-0.1, -0.05) is 19.1 Å². The van der Waals surface area contributed by atoms with Gasteiger partial charge in [-0.15, -0.1) is 0 Å². The number of carbonyl (C=O) groups excluding carboxylic acids is 1. The number of hydrogen-bond acceptors (Lipinski definition) is 2. The molecule has 1 aromatic rings. The lowest BCUT2D eigenvalue weighted by Crippen LogP contribution is -2.50. The highest BCUT2D eigenvalue weighted by atomic mass is 19.1. The molecule has 0 bridgehead atoms. The van der Waals surface area contributed by atoms with Gasteiger partial charge < -0.3 is 5.32 Å². The Kier molecular flexibility index (Phi) is 4.39. The Labute approximate surface area is 118 Å². The first-order valence-corrected chi connectivity index (χ1v) is 7.00. The predicted octanol–water partition coefficient (Wildman–Crippen LogP) is 2.96. The summed E-state index contributed by atoms with van der Waals surface area (Å²) in [4.78, 5) is 12.1. The summed E-state index contributed by atoms with van der Waals surface area (Å²) in [7, 11) is 0. The van der Waals surface area contributed by atoms with E-state index in [1.54, 1.807) is 12.1 Å². The van der Waals surface area contributed by atoms with E-state index in [1.807, 2.05) is 0 Å². The summed E-state index contributed by atoms with van der Waals surface area (Å²) < 4.78 is 13.1. The minimum absolute atomic E-state index is 0.108. The van der Waals surface area contributed by atoms with Crippen molar-refractivity contribution in [2.45, 2.75) is 44.6 Å². The molecule has 1 N–H and O–H groups in total. The van der Waals surface area contributed by atoms with Gasteiger partial charge in [0, 0.05) is 0 Å². The second-order valence-corrected chi connectivity index (χ2v) is 5.73. The van der Waals surface area contributed by atoms with Gasteiger partial charge in [0.05, 0.1) is 12.5 Å². The molecule has 1 aliphatic carbocycles. The molecule has 0 aromatic heterocycles. The van der Waals surface area contributed by atoms with Crippen molar-refractivity contribution < 1.29 is 9.18 Å². The predicted molar refractivity (Wildman–Crippen MR) is 74.2 cm³/mol. The maximum Gasteiger partial charge on any atom is 0.225 e. The number of nitriles is 1. The first kappa shape index (κ1) is 14.5. The van der Waals surface area contributed by atoms with Crippen LogP contribution in [0.3, 0.4) is 0 Å². The number of carbonyl (C=O) groups is 1. The van der Waals surface area contributed by atoms with Gasteiger partial charge in [0.1, 0.15) is 11.4 Å². The Morgan fingerprint density at radius 1 is 1.50 bits per heavy atom. The summed E-state index contributed by atoms with van der Waals surface area (Å²) in [5.74, 6) is 0.0417. The van der Waals surface area contributed by atoms with Gasteiger partial charge in [-0.05, 0) is 49.3 Å². The second-order valence-electron chi connectivity index (χ2n) is 5.73. The summed E-state index contributed by atoms with van der Waals surface area (Å²) in [6, 6.07) is 8.25. The quantitative estimate of drug-likeness (QED) is 0.921. The molecule has 3 nitrogen and oxygen atoms in total. The first-order chi connectivity index (χ1) is 9.53. The number of halogens is 1. The minimum Gasteiger partial charge on any atom is -0.338 e. The molecule has 0 unspecified atom stereocenters. The lowest BCUT2D eigenvalue weighted by Gasteiger charge is -2.34. The van der Waals surface area contributed by atoms with Gasteiger partial charge in [-0.2, -0.15) is 5.26 Å². The fourth-order valence-corrected chi connectivity index (χ4v) is 2.66. The average molecular weight is 274 g/mol. The summed E-state index contributed by atoms with van der Waals surface area (Å²) in [6.07, 6.45) is 3.40. The van der Waals surface area contributed by atoms with Gasteiger partial charge in [0.15, 0.2) is 0 Å². The normalized spacial score (nSPS) is 25.8. The molecule has 106 valence electrons. The molecule has 0 atom stereocenters. The average Bonchev–Trinajstić information content (AvgIpc) is 2.41. The molecule has 1 amide bonds. The number of benzene rings is 1. The fourth-order valence-electron chi connectivity index (χ4n) is 2.66. The Morgan fingerprint density at radius 3 is 2.80 bits per heavy atom. The summed E-state index contributed by atoms with van der Waals surface area (Å²) >= 11 is 0. The van der Waals surface area contributed by atoms with Crippen molar-refractivity contribution in [3.8, 4) is 6.07 Å². The van der Waals surface area contributed by atoms with Crippen molar-refractivity contribution in [2.24, 2.45) is 5.92 Å². The van der Waals surface area contributed by atoms with Crippen LogP contribution in [-0.2, 0) is 11.2 Å². The van der Waals surface area contributed by atoms with Crippen molar-refractivity contribution >= 4 is 5.91 Å². The van der Waals surface area contributed by atoms with Gasteiger partial charge in [0.2, 0.25) is 5.91 Å². The number of nitrogens with zero attached hydrogens (tertiary/aromatic N) is 1. The standard InChI is InChI=1S/C16H19FN2O/c1-12-5-7-16(11-18,8-6-12)19-15(20)10-13-3-2-4-14(17)9-13/h2-4,9,12H,5-8,10H2,1H3,(H,19,20). The third-order valence-corrected chi connectivity index (χ3v) is 3.97. The second kappa shape index (κ2) is 6.04. The van der Waals surface area contributed by atoms with Crippen molar-refractivity contribution in [3.05, 3.63) is 35.6 Å². The third-order valence-electron chi connectivity index (χ3n) is 3.97. The zero-order valence-electron chi connectivity index (χ0n) is 11.7. The molecule has 0 heterocycles. The van der Waals surface area contributed by atoms with Gasteiger partial charge in [-0.3, -0.25) is 4.79 Å². The van der Waals surface area contributed by atoms with Crippen molar-refractivity contribution in [1.82, 2.24) is 5.32 Å². The van der Waals surface area contributed by atoms with Crippen molar-refractivity contribution in [1.29, 1.82) is 5.26 Å². The van der Waals surface area contributed by atoms with Crippen LogP contribution >= 0.6 is 0 Å². The molecule has 20 heavy (non-hydrogen) atoms. The lowest BCUT2D eigenvalue weighted by molar-refractivity contribution is -0.122. The molecule has 1 fully saturated rings. The molecular formula is C16H19FN2O. The monoisotopic (exact) mass is 274 g/mol. The van der Waals surface area contributed by atoms with E-state index in [0.29, 0.717) is 24.3 Å². The summed E-state index contributed by atoms with van der Waals surface area (Å²) in [5.41, 5.74) is -0.114. The minimum atomic E-state index is -0.739. The highest BCUT2D eigenvalue weighted by Gasteiger charge is 2.35. The zero-order chi connectivity index (χ0) is 14.6. The number of hydrogen-bond donors (Lipinski definition) is 1. The van der Waals surface area contributed by atoms with E-state index in [9.17, 15) is 14.4 Å². The summed E-state index contributed by atoms with van der Waals surface area (Å²) in [5, 5.41) is 12.2. The molecule has 0 radical (unpaired) electrons. The van der Waals surface area contributed by atoms with E-state index in [0.717, 1.165) is 12.8 Å². The van der Waals surface area contributed by atoms with Crippen LogP contribution in [0.1, 0.15) is 38.2 Å². The number of rotatable bonds is 3. The van der Waals surface area contributed by atoms with Crippen LogP contribution < -0.4 is 5.32 Å². The lowest BCUT2D eigenvalue weighted by atomic mass is 9.78. The largest absolute Gasteiger partial charge is 0.338 e. The Hall–Kier alpha value is -1.89. The van der Waals surface area contributed by atoms with Crippen LogP contribution in [0.5, 0.6) is 0 Å². The molecule has 1 aliphatic rings. The van der Waals surface area contributed by atoms with Crippen LogP contribution in [0.2, 0.25) is 0 Å². The molecule has 2 rings (SSSR count). The zero-order valence-corrected chi connectivity index (χ0v) is 11.7. The van der Waals surface area contributed by atoms with Crippen LogP contribution in [-0.4, -0.2) is 11.4 Å². The van der Waals surface area contributed by atoms with Crippen molar-refractivity contribution in [2.75, 3.05) is 0 Å². The van der Waals surface area contributed by atoms with Crippen LogP contribution in [0.15, 0.2) is 24.3 Å². The topological polar surface area (TPSA) is 52.9 Å². The number of nitrogens with one attached hydrogen (secondary N) is 1. The molecule has 0 spiro atoms. The van der Waals surface area contributed by atoms with E-state index >= 15 is 0 Å². The van der Waals surface area contributed by atoms with Gasteiger partial charge in [0.25, 0.3) is 0 Å². The Balaban J connectivity index is 1.98.